The SMILES string of the molecule is C[N-]C1=CC(C)C=CC=C1.O=C1CCC(N2Cc3cc(CNO)ccc3C2=O)C(=O)N1.[Y]. The Balaban J connectivity index is 0.000000280. The maximum Gasteiger partial charge on any atom is 0.255 e. The molecule has 0 aromatic heterocycles. The van der Waals surface area contributed by atoms with Gasteiger partial charge in [0.15, 0.2) is 0 Å². The van der Waals surface area contributed by atoms with E-state index < -0.39 is 11.9 Å². The van der Waals surface area contributed by atoms with E-state index in [0.29, 0.717) is 31.0 Å². The van der Waals surface area contributed by atoms with Crippen molar-refractivity contribution in [3.63, 3.8) is 0 Å². The third-order valence-electron chi connectivity index (χ3n) is 5.36. The standard InChI is InChI=1S/C14H15N3O4.C9H12N.Y/c18-12-4-3-11(13(19)16-12)17-7-9-5-8(6-15-21)1-2-10(9)14(17)20;1-8-5-3-4-6-9(7-8)10-2;/h1-2,5,11,15,21H,3-4,6-7H2,(H,16,18,19);3-8H,1-2H3;/q;-1;. The van der Waals surface area contributed by atoms with E-state index >= 15 is 0 Å². The van der Waals surface area contributed by atoms with E-state index in [-0.39, 0.29) is 50.9 Å². The van der Waals surface area contributed by atoms with Crippen molar-refractivity contribution in [3.8, 4) is 0 Å². The van der Waals surface area contributed by atoms with E-state index in [1.807, 2.05) is 25.3 Å². The van der Waals surface area contributed by atoms with Crippen LogP contribution in [-0.2, 0) is 55.4 Å². The molecule has 1 radical (unpaired) electrons. The van der Waals surface area contributed by atoms with Crippen molar-refractivity contribution in [2.24, 2.45) is 5.92 Å². The average Bonchev–Trinajstić information content (AvgIpc) is 2.91. The van der Waals surface area contributed by atoms with E-state index in [1.54, 1.807) is 12.1 Å². The molecule has 167 valence electrons. The van der Waals surface area contributed by atoms with Crippen LogP contribution in [0.4, 0.5) is 0 Å². The van der Waals surface area contributed by atoms with E-state index in [1.165, 1.54) is 4.90 Å². The summed E-state index contributed by atoms with van der Waals surface area (Å²) in [5.41, 5.74) is 5.40. The number of benzene rings is 1. The number of amides is 3. The van der Waals surface area contributed by atoms with Gasteiger partial charge in [-0.3, -0.25) is 19.7 Å². The Hall–Kier alpha value is -2.13. The minimum atomic E-state index is -0.595. The van der Waals surface area contributed by atoms with Crippen molar-refractivity contribution in [2.75, 3.05) is 7.05 Å². The Morgan fingerprint density at radius 2 is 2.03 bits per heavy atom. The third-order valence-corrected chi connectivity index (χ3v) is 5.36. The maximum absolute atomic E-state index is 12.4. The molecule has 2 unspecified atom stereocenters. The predicted octanol–water partition coefficient (Wildman–Crippen LogP) is 2.56. The van der Waals surface area contributed by atoms with Crippen molar-refractivity contribution < 1.29 is 52.3 Å². The molecule has 1 aromatic rings. The number of likely N-dealkylation sites (N-methyl/N-ethyl adjacent to an activating group) is 1. The molecule has 1 aromatic carbocycles. The fourth-order valence-corrected chi connectivity index (χ4v) is 3.75. The number of hydroxylamine groups is 1. The van der Waals surface area contributed by atoms with Crippen LogP contribution in [0.3, 0.4) is 0 Å². The largest absolute Gasteiger partial charge is 0.687 e. The first-order chi connectivity index (χ1) is 14.9. The summed E-state index contributed by atoms with van der Waals surface area (Å²) in [6.07, 6.45) is 11.0. The molecule has 3 N–H and O–H groups in total. The number of hydrogen-bond acceptors (Lipinski definition) is 5. The van der Waals surface area contributed by atoms with Gasteiger partial charge in [0.25, 0.3) is 5.91 Å². The zero-order valence-electron chi connectivity index (χ0n) is 18.2. The summed E-state index contributed by atoms with van der Waals surface area (Å²) >= 11 is 0. The molecule has 2 atom stereocenters. The molecule has 1 fully saturated rings. The van der Waals surface area contributed by atoms with Gasteiger partial charge >= 0.3 is 0 Å². The van der Waals surface area contributed by atoms with Crippen molar-refractivity contribution >= 4 is 17.7 Å². The molecular formula is C23H27N4O4Y-. The molecule has 32 heavy (non-hydrogen) atoms. The monoisotopic (exact) mass is 512 g/mol. The molecule has 8 nitrogen and oxygen atoms in total. The number of carbonyl (C=O) groups is 3. The molecule has 3 amide bonds. The predicted molar refractivity (Wildman–Crippen MR) is 116 cm³/mol. The second-order valence-electron chi connectivity index (χ2n) is 7.64. The molecule has 0 bridgehead atoms. The van der Waals surface area contributed by atoms with Crippen LogP contribution in [0.2, 0.25) is 0 Å². The van der Waals surface area contributed by atoms with Crippen LogP contribution in [0.1, 0.15) is 41.3 Å². The van der Waals surface area contributed by atoms with Gasteiger partial charge < -0.3 is 15.4 Å². The molecule has 1 saturated heterocycles. The van der Waals surface area contributed by atoms with Crippen molar-refractivity contribution in [1.82, 2.24) is 15.7 Å². The Morgan fingerprint density at radius 1 is 1.25 bits per heavy atom. The van der Waals surface area contributed by atoms with Crippen LogP contribution in [0, 0.1) is 5.92 Å². The fourth-order valence-electron chi connectivity index (χ4n) is 3.75. The second kappa shape index (κ2) is 12.2. The van der Waals surface area contributed by atoms with Gasteiger partial charge in [0.05, 0.1) is 0 Å². The van der Waals surface area contributed by atoms with Crippen LogP contribution in [-0.4, -0.2) is 40.9 Å². The third kappa shape index (κ3) is 6.45. The molecule has 4 rings (SSSR count). The molecule has 2 heterocycles. The molecule has 0 saturated carbocycles. The minimum absolute atomic E-state index is 0. The van der Waals surface area contributed by atoms with Gasteiger partial charge in [-0.05, 0) is 29.5 Å². The summed E-state index contributed by atoms with van der Waals surface area (Å²) < 4.78 is 0. The van der Waals surface area contributed by atoms with Gasteiger partial charge in [-0.15, -0.1) is 12.7 Å². The number of carbonyl (C=O) groups excluding carboxylic acids is 3. The maximum atomic E-state index is 12.4. The van der Waals surface area contributed by atoms with Gasteiger partial charge in [0.2, 0.25) is 11.8 Å². The van der Waals surface area contributed by atoms with Crippen LogP contribution < -0.4 is 10.8 Å². The van der Waals surface area contributed by atoms with Gasteiger partial charge in [-0.25, -0.2) is 5.48 Å². The van der Waals surface area contributed by atoms with Crippen molar-refractivity contribution in [3.05, 3.63) is 76.3 Å². The fraction of sp³-hybridized carbons (Fsp3) is 0.348. The Kier molecular flexibility index (Phi) is 9.97. The summed E-state index contributed by atoms with van der Waals surface area (Å²) in [6.45, 7) is 2.79. The minimum Gasteiger partial charge on any atom is -0.687 e. The first-order valence-electron chi connectivity index (χ1n) is 10.2. The molecule has 3 aliphatic rings. The van der Waals surface area contributed by atoms with E-state index in [4.69, 9.17) is 5.21 Å². The van der Waals surface area contributed by atoms with Gasteiger partial charge in [0, 0.05) is 57.8 Å². The molecule has 0 spiro atoms. The first-order valence-corrected chi connectivity index (χ1v) is 10.2. The normalized spacial score (nSPS) is 21.5. The first kappa shape index (κ1) is 26.1. The average molecular weight is 512 g/mol. The molecule has 9 heteroatoms. The smallest absolute Gasteiger partial charge is 0.255 e. The van der Waals surface area contributed by atoms with E-state index in [9.17, 15) is 14.4 Å². The van der Waals surface area contributed by atoms with E-state index in [2.05, 4.69) is 41.3 Å². The number of nitrogens with one attached hydrogen (secondary N) is 2. The number of allylic oxidation sites excluding steroid dienone is 5. The van der Waals surface area contributed by atoms with Gasteiger partial charge in [-0.1, -0.05) is 49.4 Å². The summed E-state index contributed by atoms with van der Waals surface area (Å²) in [7, 11) is 1.81. The zero-order chi connectivity index (χ0) is 22.4. The number of nitrogens with zero attached hydrogens (tertiary/aromatic N) is 2. The van der Waals surface area contributed by atoms with Crippen LogP contribution in [0.25, 0.3) is 5.32 Å². The molecule has 2 aliphatic heterocycles. The number of hydrogen-bond donors (Lipinski definition) is 3. The van der Waals surface area contributed by atoms with Crippen molar-refractivity contribution in [2.45, 2.75) is 38.9 Å². The number of piperidine rings is 1. The second-order valence-corrected chi connectivity index (χ2v) is 7.64. The van der Waals surface area contributed by atoms with E-state index in [0.717, 1.165) is 16.8 Å². The quantitative estimate of drug-likeness (QED) is 0.424. The number of rotatable bonds is 4. The number of imide groups is 1. The summed E-state index contributed by atoms with van der Waals surface area (Å²) in [5.74, 6) is -0.391. The Labute approximate surface area is 213 Å². The van der Waals surface area contributed by atoms with Crippen LogP contribution in [0.5, 0.6) is 0 Å². The topological polar surface area (TPSA) is 113 Å². The van der Waals surface area contributed by atoms with Gasteiger partial charge in [-0.2, -0.15) is 0 Å². The summed E-state index contributed by atoms with van der Waals surface area (Å²) in [4.78, 5) is 37.0. The summed E-state index contributed by atoms with van der Waals surface area (Å²) in [6, 6.07) is 4.70. The molecule has 1 aliphatic carbocycles. The van der Waals surface area contributed by atoms with Crippen LogP contribution >= 0.6 is 0 Å². The van der Waals surface area contributed by atoms with Crippen LogP contribution in [0.15, 0.2) is 54.3 Å². The van der Waals surface area contributed by atoms with Gasteiger partial charge in [0.1, 0.15) is 6.04 Å². The summed E-state index contributed by atoms with van der Waals surface area (Å²) in [5, 5.41) is 15.1. The Bertz CT molecular complexity index is 957. The Morgan fingerprint density at radius 3 is 2.72 bits per heavy atom. The zero-order valence-corrected chi connectivity index (χ0v) is 21.1. The number of fused-ring (bicyclic) bond motifs is 1. The molecular weight excluding hydrogens is 485 g/mol. The van der Waals surface area contributed by atoms with Crippen molar-refractivity contribution in [1.29, 1.82) is 0 Å².